The first-order chi connectivity index (χ1) is 10.4. The molecule has 0 aromatic heterocycles. The molecule has 2 aliphatic heterocycles. The number of hydrogen-bond donors (Lipinski definition) is 1. The van der Waals surface area contributed by atoms with Crippen molar-refractivity contribution in [3.8, 4) is 5.75 Å². The van der Waals surface area contributed by atoms with Crippen LogP contribution in [0.25, 0.3) is 0 Å². The van der Waals surface area contributed by atoms with E-state index in [0.717, 1.165) is 51.2 Å². The van der Waals surface area contributed by atoms with Gasteiger partial charge in [0.1, 0.15) is 11.9 Å². The molecule has 0 bridgehead atoms. The van der Waals surface area contributed by atoms with E-state index >= 15 is 0 Å². The van der Waals surface area contributed by atoms with Crippen LogP contribution in [0.2, 0.25) is 0 Å². The van der Waals surface area contributed by atoms with E-state index in [2.05, 4.69) is 46.6 Å². The Kier molecular flexibility index (Phi) is 3.44. The summed E-state index contributed by atoms with van der Waals surface area (Å²) in [6.07, 6.45) is 10.2. The van der Waals surface area contributed by atoms with Gasteiger partial charge in [0.15, 0.2) is 0 Å². The van der Waals surface area contributed by atoms with E-state index in [1.807, 2.05) is 0 Å². The van der Waals surface area contributed by atoms with Gasteiger partial charge < -0.3 is 15.0 Å². The molecule has 1 aromatic carbocycles. The quantitative estimate of drug-likeness (QED) is 0.920. The number of allylic oxidation sites excluding steroid dienone is 3. The van der Waals surface area contributed by atoms with Crippen LogP contribution in [-0.4, -0.2) is 37.2 Å². The molecular formula is C18H22N2O. The Balaban J connectivity index is 1.46. The van der Waals surface area contributed by atoms with Gasteiger partial charge in [0, 0.05) is 25.3 Å². The molecule has 4 rings (SSSR count). The number of fused-ring (bicyclic) bond motifs is 1. The predicted octanol–water partition coefficient (Wildman–Crippen LogP) is 2.28. The smallest absolute Gasteiger partial charge is 0.120 e. The molecule has 1 aliphatic carbocycles. The van der Waals surface area contributed by atoms with E-state index in [-0.39, 0.29) is 0 Å². The van der Waals surface area contributed by atoms with Crippen LogP contribution in [0.15, 0.2) is 42.1 Å². The van der Waals surface area contributed by atoms with Crippen molar-refractivity contribution in [3.63, 3.8) is 0 Å². The second-order valence-electron chi connectivity index (χ2n) is 6.10. The number of ether oxygens (including phenoxy) is 1. The van der Waals surface area contributed by atoms with Crippen molar-refractivity contribution in [3.05, 3.63) is 53.3 Å². The van der Waals surface area contributed by atoms with Gasteiger partial charge in [-0.3, -0.25) is 0 Å². The standard InChI is InChI=1S/C18H22N2O/c1-2-16(3-1)20-10-7-14-4-5-17(12-15(14)8-11-20)21-18-6-9-19-13-18/h1-5,12,18-19H,6-11,13H2/t18-/m0/s1. The van der Waals surface area contributed by atoms with Gasteiger partial charge in [-0.15, -0.1) is 0 Å². The van der Waals surface area contributed by atoms with Crippen LogP contribution in [0.5, 0.6) is 5.75 Å². The van der Waals surface area contributed by atoms with Gasteiger partial charge in [0.2, 0.25) is 0 Å². The minimum Gasteiger partial charge on any atom is -0.489 e. The van der Waals surface area contributed by atoms with Gasteiger partial charge in [-0.2, -0.15) is 0 Å². The van der Waals surface area contributed by atoms with Crippen molar-refractivity contribution < 1.29 is 4.74 Å². The molecule has 3 heteroatoms. The lowest BCUT2D eigenvalue weighted by Crippen LogP contribution is -2.26. The number of nitrogens with zero attached hydrogens (tertiary/aromatic N) is 1. The average molecular weight is 282 g/mol. The summed E-state index contributed by atoms with van der Waals surface area (Å²) in [5.74, 6) is 1.04. The monoisotopic (exact) mass is 282 g/mol. The summed E-state index contributed by atoms with van der Waals surface area (Å²) in [6, 6.07) is 6.68. The molecule has 0 unspecified atom stereocenters. The molecule has 0 radical (unpaired) electrons. The minimum absolute atomic E-state index is 0.343. The van der Waals surface area contributed by atoms with Crippen LogP contribution in [-0.2, 0) is 12.8 Å². The molecule has 1 N–H and O–H groups in total. The van der Waals surface area contributed by atoms with Crippen molar-refractivity contribution in [1.82, 2.24) is 10.2 Å². The molecule has 1 saturated heterocycles. The maximum atomic E-state index is 6.09. The van der Waals surface area contributed by atoms with Crippen LogP contribution >= 0.6 is 0 Å². The van der Waals surface area contributed by atoms with E-state index in [9.17, 15) is 0 Å². The lowest BCUT2D eigenvalue weighted by atomic mass is 10.0. The minimum atomic E-state index is 0.343. The van der Waals surface area contributed by atoms with E-state index < -0.39 is 0 Å². The number of rotatable bonds is 3. The Hall–Kier alpha value is -1.74. The Bertz CT molecular complexity index is 585. The maximum Gasteiger partial charge on any atom is 0.120 e. The summed E-state index contributed by atoms with van der Waals surface area (Å²) in [4.78, 5) is 2.49. The van der Waals surface area contributed by atoms with E-state index in [1.165, 1.54) is 16.8 Å². The molecule has 1 aromatic rings. The van der Waals surface area contributed by atoms with Gasteiger partial charge >= 0.3 is 0 Å². The van der Waals surface area contributed by atoms with Crippen LogP contribution in [0.4, 0.5) is 0 Å². The summed E-state index contributed by atoms with van der Waals surface area (Å²) in [5.41, 5.74) is 4.33. The zero-order chi connectivity index (χ0) is 14.1. The average Bonchev–Trinajstić information content (AvgIpc) is 2.85. The van der Waals surface area contributed by atoms with Crippen LogP contribution < -0.4 is 10.1 Å². The molecule has 0 saturated carbocycles. The van der Waals surface area contributed by atoms with Crippen molar-refractivity contribution in [1.29, 1.82) is 0 Å². The number of nitrogens with one attached hydrogen (secondary N) is 1. The summed E-state index contributed by atoms with van der Waals surface area (Å²) >= 11 is 0. The van der Waals surface area contributed by atoms with Crippen LogP contribution in [0.3, 0.4) is 0 Å². The van der Waals surface area contributed by atoms with Crippen LogP contribution in [0, 0.1) is 0 Å². The highest BCUT2D eigenvalue weighted by atomic mass is 16.5. The second-order valence-corrected chi connectivity index (χ2v) is 6.10. The predicted molar refractivity (Wildman–Crippen MR) is 84.5 cm³/mol. The Morgan fingerprint density at radius 1 is 1.14 bits per heavy atom. The Labute approximate surface area is 126 Å². The third-order valence-corrected chi connectivity index (χ3v) is 4.70. The zero-order valence-electron chi connectivity index (χ0n) is 12.3. The lowest BCUT2D eigenvalue weighted by molar-refractivity contribution is 0.223. The Morgan fingerprint density at radius 2 is 2.00 bits per heavy atom. The first-order valence-electron chi connectivity index (χ1n) is 8.01. The SMILES string of the molecule is C1=CC(N2CCc3ccc(O[C@H]4CCNC4)cc3CC2)=C1. The normalized spacial score (nSPS) is 24.1. The molecule has 2 heterocycles. The molecule has 3 aliphatic rings. The molecule has 110 valence electrons. The molecule has 1 atom stereocenters. The third-order valence-electron chi connectivity index (χ3n) is 4.70. The highest BCUT2D eigenvalue weighted by Crippen LogP contribution is 2.25. The zero-order valence-corrected chi connectivity index (χ0v) is 12.3. The van der Waals surface area contributed by atoms with Gasteiger partial charge in [-0.05, 0) is 61.2 Å². The first kappa shape index (κ1) is 13.0. The van der Waals surface area contributed by atoms with Gasteiger partial charge in [-0.25, -0.2) is 0 Å². The molecular weight excluding hydrogens is 260 g/mol. The topological polar surface area (TPSA) is 24.5 Å². The van der Waals surface area contributed by atoms with Gasteiger partial charge in [-0.1, -0.05) is 12.1 Å². The second kappa shape index (κ2) is 5.57. The molecule has 0 amide bonds. The lowest BCUT2D eigenvalue weighted by Gasteiger charge is -2.26. The fourth-order valence-corrected chi connectivity index (χ4v) is 3.35. The number of benzene rings is 1. The van der Waals surface area contributed by atoms with Gasteiger partial charge in [0.05, 0.1) is 0 Å². The molecule has 0 spiro atoms. The number of hydrogen-bond acceptors (Lipinski definition) is 3. The largest absolute Gasteiger partial charge is 0.489 e. The van der Waals surface area contributed by atoms with Crippen molar-refractivity contribution >= 4 is 0 Å². The fraction of sp³-hybridized carbons (Fsp3) is 0.444. The fourth-order valence-electron chi connectivity index (χ4n) is 3.35. The van der Waals surface area contributed by atoms with Crippen LogP contribution in [0.1, 0.15) is 17.5 Å². The van der Waals surface area contributed by atoms with Crippen molar-refractivity contribution in [2.24, 2.45) is 0 Å². The maximum absolute atomic E-state index is 6.09. The highest BCUT2D eigenvalue weighted by Gasteiger charge is 2.19. The van der Waals surface area contributed by atoms with Gasteiger partial charge in [0.25, 0.3) is 0 Å². The Morgan fingerprint density at radius 3 is 2.71 bits per heavy atom. The van der Waals surface area contributed by atoms with E-state index in [1.54, 1.807) is 0 Å². The summed E-state index contributed by atoms with van der Waals surface area (Å²) < 4.78 is 6.09. The highest BCUT2D eigenvalue weighted by molar-refractivity contribution is 5.39. The summed E-state index contributed by atoms with van der Waals surface area (Å²) in [7, 11) is 0. The molecule has 3 nitrogen and oxygen atoms in total. The summed E-state index contributed by atoms with van der Waals surface area (Å²) in [5, 5.41) is 3.35. The van der Waals surface area contributed by atoms with Crippen molar-refractivity contribution in [2.75, 3.05) is 26.2 Å². The van der Waals surface area contributed by atoms with Crippen molar-refractivity contribution in [2.45, 2.75) is 25.4 Å². The summed E-state index contributed by atoms with van der Waals surface area (Å²) in [6.45, 7) is 4.28. The molecule has 21 heavy (non-hydrogen) atoms. The van der Waals surface area contributed by atoms with E-state index in [0.29, 0.717) is 6.10 Å². The molecule has 1 fully saturated rings. The third kappa shape index (κ3) is 2.70. The van der Waals surface area contributed by atoms with E-state index in [4.69, 9.17) is 4.74 Å². The first-order valence-corrected chi connectivity index (χ1v) is 8.01.